The molecule has 0 aliphatic carbocycles. The zero-order valence-electron chi connectivity index (χ0n) is 15.0. The molecule has 140 valence electrons. The summed E-state index contributed by atoms with van der Waals surface area (Å²) in [4.78, 5) is 19.1. The number of pyridine rings is 1. The highest BCUT2D eigenvalue weighted by atomic mass is 35.5. The highest BCUT2D eigenvalue weighted by Gasteiger charge is 2.23. The molecule has 0 saturated heterocycles. The predicted octanol–water partition coefficient (Wildman–Crippen LogP) is 3.01. The maximum atomic E-state index is 12.3. The van der Waals surface area contributed by atoms with Crippen LogP contribution in [0.25, 0.3) is 5.65 Å². The van der Waals surface area contributed by atoms with E-state index in [2.05, 4.69) is 16.8 Å². The molecule has 1 aliphatic heterocycles. The third-order valence-corrected chi connectivity index (χ3v) is 4.76. The number of para-hydroxylation sites is 2. The molecule has 0 amide bonds. The average Bonchev–Trinajstić information content (AvgIpc) is 2.68. The minimum absolute atomic E-state index is 0.0693. The van der Waals surface area contributed by atoms with E-state index in [1.807, 2.05) is 24.3 Å². The van der Waals surface area contributed by atoms with Crippen molar-refractivity contribution in [3.8, 4) is 11.5 Å². The summed E-state index contributed by atoms with van der Waals surface area (Å²) >= 11 is 5.96. The van der Waals surface area contributed by atoms with Gasteiger partial charge < -0.3 is 9.47 Å². The largest absolute Gasteiger partial charge is 0.486 e. The number of ether oxygens (including phenoxy) is 2. The first-order valence-corrected chi connectivity index (χ1v) is 9.29. The van der Waals surface area contributed by atoms with Crippen LogP contribution in [-0.4, -0.2) is 40.1 Å². The van der Waals surface area contributed by atoms with Crippen LogP contribution >= 0.6 is 11.6 Å². The Morgan fingerprint density at radius 1 is 1.26 bits per heavy atom. The molecule has 0 N–H and O–H groups in total. The van der Waals surface area contributed by atoms with E-state index in [9.17, 15) is 4.79 Å². The molecule has 0 spiro atoms. The molecule has 3 heterocycles. The molecular formula is C20H20ClN3O3. The number of likely N-dealkylation sites (N-methyl/N-ethyl adjacent to an activating group) is 1. The van der Waals surface area contributed by atoms with E-state index in [1.54, 1.807) is 24.4 Å². The SMILES string of the molecule is CCN(Cc1cc(=O)n2cc(Cl)ccc2n1)C[C@@H]1COc2ccccc2O1. The highest BCUT2D eigenvalue weighted by molar-refractivity contribution is 6.30. The van der Waals surface area contributed by atoms with Crippen LogP contribution in [0.1, 0.15) is 12.6 Å². The van der Waals surface area contributed by atoms with Crippen molar-refractivity contribution in [2.45, 2.75) is 19.6 Å². The van der Waals surface area contributed by atoms with Crippen LogP contribution in [0, 0.1) is 0 Å². The first kappa shape index (κ1) is 17.8. The molecule has 27 heavy (non-hydrogen) atoms. The number of hydrogen-bond donors (Lipinski definition) is 0. The van der Waals surface area contributed by atoms with Crippen LogP contribution in [0.2, 0.25) is 5.02 Å². The molecule has 1 atom stereocenters. The topological polar surface area (TPSA) is 56.1 Å². The Morgan fingerprint density at radius 3 is 2.89 bits per heavy atom. The second-order valence-electron chi connectivity index (χ2n) is 6.49. The maximum absolute atomic E-state index is 12.3. The summed E-state index contributed by atoms with van der Waals surface area (Å²) in [6.45, 7) is 4.63. The van der Waals surface area contributed by atoms with Gasteiger partial charge in [0.1, 0.15) is 18.4 Å². The number of hydrogen-bond acceptors (Lipinski definition) is 5. The Hall–Kier alpha value is -2.57. The van der Waals surface area contributed by atoms with Gasteiger partial charge >= 0.3 is 0 Å². The maximum Gasteiger partial charge on any atom is 0.258 e. The van der Waals surface area contributed by atoms with Crippen molar-refractivity contribution in [3.05, 3.63) is 69.7 Å². The molecule has 0 unspecified atom stereocenters. The summed E-state index contributed by atoms with van der Waals surface area (Å²) in [5, 5.41) is 0.504. The Balaban J connectivity index is 1.49. The lowest BCUT2D eigenvalue weighted by Gasteiger charge is -2.30. The van der Waals surface area contributed by atoms with E-state index in [1.165, 1.54) is 4.40 Å². The van der Waals surface area contributed by atoms with Gasteiger partial charge in [0, 0.05) is 25.4 Å². The number of rotatable bonds is 5. The first-order valence-electron chi connectivity index (χ1n) is 8.91. The van der Waals surface area contributed by atoms with Crippen LogP contribution in [-0.2, 0) is 6.54 Å². The van der Waals surface area contributed by atoms with Crippen LogP contribution in [0.5, 0.6) is 11.5 Å². The van der Waals surface area contributed by atoms with Crippen LogP contribution in [0.3, 0.4) is 0 Å². The fourth-order valence-electron chi connectivity index (χ4n) is 3.18. The Morgan fingerprint density at radius 2 is 2.07 bits per heavy atom. The molecule has 0 bridgehead atoms. The van der Waals surface area contributed by atoms with Crippen molar-refractivity contribution in [3.63, 3.8) is 0 Å². The van der Waals surface area contributed by atoms with E-state index in [0.717, 1.165) is 23.7 Å². The molecule has 0 saturated carbocycles. The Labute approximate surface area is 161 Å². The van der Waals surface area contributed by atoms with Crippen molar-refractivity contribution >= 4 is 17.2 Å². The Bertz CT molecular complexity index is 1020. The molecule has 3 aromatic rings. The van der Waals surface area contributed by atoms with Crippen LogP contribution < -0.4 is 15.0 Å². The summed E-state index contributed by atoms with van der Waals surface area (Å²) in [6, 6.07) is 12.7. The lowest BCUT2D eigenvalue weighted by molar-refractivity contribution is 0.0577. The Kier molecular flexibility index (Phi) is 5.01. The standard InChI is InChI=1S/C20H20ClN3O3/c1-2-23(12-16-13-26-17-5-3-4-6-18(17)27-16)11-15-9-20(25)24-10-14(21)7-8-19(24)22-15/h3-10,16H,2,11-13H2,1H3/t16-/m1/s1. The van der Waals surface area contributed by atoms with Crippen LogP contribution in [0.4, 0.5) is 0 Å². The number of aromatic nitrogens is 2. The first-order chi connectivity index (χ1) is 13.1. The van der Waals surface area contributed by atoms with E-state index >= 15 is 0 Å². The van der Waals surface area contributed by atoms with E-state index < -0.39 is 0 Å². The molecule has 7 heteroatoms. The van der Waals surface area contributed by atoms with Crippen LogP contribution in [0.15, 0.2) is 53.5 Å². The zero-order valence-corrected chi connectivity index (χ0v) is 15.7. The van der Waals surface area contributed by atoms with Crippen molar-refractivity contribution in [1.82, 2.24) is 14.3 Å². The van der Waals surface area contributed by atoms with Gasteiger partial charge in [-0.05, 0) is 30.8 Å². The smallest absolute Gasteiger partial charge is 0.258 e. The highest BCUT2D eigenvalue weighted by Crippen LogP contribution is 2.31. The van der Waals surface area contributed by atoms with Gasteiger partial charge in [-0.15, -0.1) is 0 Å². The predicted molar refractivity (Wildman–Crippen MR) is 104 cm³/mol. The van der Waals surface area contributed by atoms with Gasteiger partial charge in [0.25, 0.3) is 5.56 Å². The summed E-state index contributed by atoms with van der Waals surface area (Å²) in [5.41, 5.74) is 1.17. The fourth-order valence-corrected chi connectivity index (χ4v) is 3.34. The second kappa shape index (κ2) is 7.58. The number of benzene rings is 1. The summed E-state index contributed by atoms with van der Waals surface area (Å²) in [5.74, 6) is 1.54. The van der Waals surface area contributed by atoms with Gasteiger partial charge in [-0.3, -0.25) is 14.1 Å². The molecule has 1 aromatic carbocycles. The second-order valence-corrected chi connectivity index (χ2v) is 6.92. The monoisotopic (exact) mass is 385 g/mol. The van der Waals surface area contributed by atoms with E-state index in [4.69, 9.17) is 21.1 Å². The molecule has 0 radical (unpaired) electrons. The molecule has 1 aliphatic rings. The molecule has 2 aromatic heterocycles. The van der Waals surface area contributed by atoms with Crippen molar-refractivity contribution in [1.29, 1.82) is 0 Å². The minimum Gasteiger partial charge on any atom is -0.486 e. The average molecular weight is 386 g/mol. The number of halogens is 1. The van der Waals surface area contributed by atoms with Gasteiger partial charge in [-0.25, -0.2) is 4.98 Å². The van der Waals surface area contributed by atoms with Crippen molar-refractivity contribution < 1.29 is 9.47 Å². The zero-order chi connectivity index (χ0) is 18.8. The summed E-state index contributed by atoms with van der Waals surface area (Å²) in [7, 11) is 0. The fraction of sp³-hybridized carbons (Fsp3) is 0.300. The molecule has 4 rings (SSSR count). The minimum atomic E-state index is -0.139. The van der Waals surface area contributed by atoms with Gasteiger partial charge in [-0.2, -0.15) is 0 Å². The third-order valence-electron chi connectivity index (χ3n) is 4.54. The third kappa shape index (κ3) is 3.91. The summed E-state index contributed by atoms with van der Waals surface area (Å²) < 4.78 is 13.3. The summed E-state index contributed by atoms with van der Waals surface area (Å²) in [6.07, 6.45) is 1.51. The molecule has 0 fully saturated rings. The number of nitrogens with zero attached hydrogens (tertiary/aromatic N) is 3. The van der Waals surface area contributed by atoms with Gasteiger partial charge in [0.15, 0.2) is 11.5 Å². The lowest BCUT2D eigenvalue weighted by atomic mass is 10.2. The normalized spacial score (nSPS) is 16.0. The molecular weight excluding hydrogens is 366 g/mol. The van der Waals surface area contributed by atoms with E-state index in [-0.39, 0.29) is 11.7 Å². The quantitative estimate of drug-likeness (QED) is 0.675. The van der Waals surface area contributed by atoms with Crippen molar-refractivity contribution in [2.75, 3.05) is 19.7 Å². The van der Waals surface area contributed by atoms with Crippen molar-refractivity contribution in [2.24, 2.45) is 0 Å². The molecule has 6 nitrogen and oxygen atoms in total. The van der Waals surface area contributed by atoms with Gasteiger partial charge in [-0.1, -0.05) is 30.7 Å². The lowest BCUT2D eigenvalue weighted by Crippen LogP contribution is -2.41. The van der Waals surface area contributed by atoms with Gasteiger partial charge in [0.2, 0.25) is 0 Å². The van der Waals surface area contributed by atoms with E-state index in [0.29, 0.717) is 30.4 Å². The van der Waals surface area contributed by atoms with Gasteiger partial charge in [0.05, 0.1) is 10.7 Å². The number of fused-ring (bicyclic) bond motifs is 2.